The quantitative estimate of drug-likeness (QED) is 0.266. The Morgan fingerprint density at radius 3 is 1.74 bits per heavy atom. The van der Waals surface area contributed by atoms with Crippen LogP contribution in [-0.2, 0) is 0 Å². The van der Waals surface area contributed by atoms with E-state index < -0.39 is 0 Å². The average molecular weight is 439 g/mol. The molecule has 0 nitrogen and oxygen atoms in total. The van der Waals surface area contributed by atoms with Crippen molar-refractivity contribution < 1.29 is 0 Å². The molecule has 0 N–H and O–H groups in total. The van der Waals surface area contributed by atoms with Gasteiger partial charge in [-0.3, -0.25) is 0 Å². The maximum atomic E-state index is 2.33. The van der Waals surface area contributed by atoms with E-state index in [4.69, 9.17) is 0 Å². The minimum absolute atomic E-state index is 1.26. The molecule has 0 aliphatic carbocycles. The van der Waals surface area contributed by atoms with Crippen molar-refractivity contribution in [2.24, 2.45) is 0 Å². The number of fused-ring (bicyclic) bond motifs is 2. The van der Waals surface area contributed by atoms with Gasteiger partial charge in [0.25, 0.3) is 0 Å². The lowest BCUT2D eigenvalue weighted by Gasteiger charge is -2.17. The summed E-state index contributed by atoms with van der Waals surface area (Å²) in [5.41, 5.74) is 7.70. The molecule has 0 unspecified atom stereocenters. The van der Waals surface area contributed by atoms with Gasteiger partial charge >= 0.3 is 0 Å². The van der Waals surface area contributed by atoms with Crippen molar-refractivity contribution in [2.45, 2.75) is 27.7 Å². The van der Waals surface area contributed by atoms with Gasteiger partial charge < -0.3 is 0 Å². The van der Waals surface area contributed by atoms with Crippen LogP contribution in [0.4, 0.5) is 0 Å². The van der Waals surface area contributed by atoms with Gasteiger partial charge in [0.1, 0.15) is 0 Å². The zero-order chi connectivity index (χ0) is 23.7. The number of benzene rings is 5. The van der Waals surface area contributed by atoms with E-state index in [1.807, 2.05) is 0 Å². The van der Waals surface area contributed by atoms with Crippen LogP contribution in [0.1, 0.15) is 31.9 Å². The Kier molecular flexibility index (Phi) is 5.90. The minimum Gasteiger partial charge on any atom is -0.0871 e. The Bertz CT molecular complexity index is 1680. The van der Waals surface area contributed by atoms with Crippen LogP contribution in [0.25, 0.3) is 62.0 Å². The molecular weight excluding hydrogens is 408 g/mol. The van der Waals surface area contributed by atoms with Gasteiger partial charge in [0.15, 0.2) is 0 Å². The third-order valence-corrected chi connectivity index (χ3v) is 6.82. The highest BCUT2D eigenvalue weighted by molar-refractivity contribution is 6.06. The normalized spacial score (nSPS) is 12.9. The molecule has 0 heteroatoms. The highest BCUT2D eigenvalue weighted by Gasteiger charge is 2.15. The van der Waals surface area contributed by atoms with Gasteiger partial charge in [-0.05, 0) is 105 Å². The lowest BCUT2D eigenvalue weighted by atomic mass is 9.87. The van der Waals surface area contributed by atoms with E-state index in [0.29, 0.717) is 0 Å². The molecule has 0 atom stereocenters. The summed E-state index contributed by atoms with van der Waals surface area (Å²) in [6.07, 6.45) is 8.87. The van der Waals surface area contributed by atoms with E-state index in [1.165, 1.54) is 65.4 Å². The largest absolute Gasteiger partial charge is 0.0871 e. The molecule has 34 heavy (non-hydrogen) atoms. The minimum atomic E-state index is 1.26. The molecule has 5 rings (SSSR count). The number of aryl methyl sites for hydroxylation is 1. The zero-order valence-electron chi connectivity index (χ0n) is 20.4. The summed E-state index contributed by atoms with van der Waals surface area (Å²) in [6, 6.07) is 31.2. The molecule has 0 aliphatic rings. The molecule has 0 saturated heterocycles. The summed E-state index contributed by atoms with van der Waals surface area (Å²) in [7, 11) is 0. The maximum absolute atomic E-state index is 2.33. The highest BCUT2D eigenvalue weighted by Crippen LogP contribution is 2.33. The van der Waals surface area contributed by atoms with Crippen LogP contribution in [0, 0.1) is 6.92 Å². The average Bonchev–Trinajstić information content (AvgIpc) is 2.88. The number of hydrogen-bond acceptors (Lipinski definition) is 0. The zero-order valence-corrected chi connectivity index (χ0v) is 20.4. The molecule has 0 radical (unpaired) electrons. The summed E-state index contributed by atoms with van der Waals surface area (Å²) in [6.45, 7) is 8.57. The third kappa shape index (κ3) is 3.66. The van der Waals surface area contributed by atoms with Crippen LogP contribution in [0.3, 0.4) is 0 Å². The number of allylic oxidation sites excluding steroid dienone is 1. The molecule has 0 aromatic heterocycles. The summed E-state index contributed by atoms with van der Waals surface area (Å²) in [4.78, 5) is 0. The van der Waals surface area contributed by atoms with Gasteiger partial charge in [0.05, 0.1) is 0 Å². The van der Waals surface area contributed by atoms with Crippen LogP contribution in [0.5, 0.6) is 0 Å². The van der Waals surface area contributed by atoms with E-state index in [-0.39, 0.29) is 0 Å². The number of hydrogen-bond donors (Lipinski definition) is 0. The fraction of sp³-hybridized carbons (Fsp3) is 0.118. The van der Waals surface area contributed by atoms with Crippen molar-refractivity contribution in [1.29, 1.82) is 0 Å². The lowest BCUT2D eigenvalue weighted by Crippen LogP contribution is -2.29. The summed E-state index contributed by atoms with van der Waals surface area (Å²) in [5, 5.41) is 7.71. The standard InChI is InChI=1S/C34H30/c1-5-12-25-21-27(18-17-23(25)4)33-29(6-2)30(7-3)34(32-16-11-10-15-31(32)33)28-20-19-24-13-8-9-14-26(24)22-28/h5-22H,1-4H3/b12-5-,29-6+,30-7+. The first kappa shape index (κ1) is 21.9. The monoisotopic (exact) mass is 438 g/mol. The molecule has 0 fully saturated rings. The van der Waals surface area contributed by atoms with E-state index >= 15 is 0 Å². The Morgan fingerprint density at radius 2 is 1.12 bits per heavy atom. The summed E-state index contributed by atoms with van der Waals surface area (Å²) in [5.74, 6) is 0. The first-order chi connectivity index (χ1) is 16.7. The molecule has 0 spiro atoms. The molecule has 5 aromatic rings. The van der Waals surface area contributed by atoms with Crippen LogP contribution in [0.15, 0.2) is 91.0 Å². The van der Waals surface area contributed by atoms with E-state index in [2.05, 4.69) is 137 Å². The highest BCUT2D eigenvalue weighted by atomic mass is 14.2. The molecule has 0 saturated carbocycles. The van der Waals surface area contributed by atoms with Gasteiger partial charge in [-0.2, -0.15) is 0 Å². The van der Waals surface area contributed by atoms with Crippen LogP contribution in [0.2, 0.25) is 0 Å². The second kappa shape index (κ2) is 9.15. The molecule has 5 aromatic carbocycles. The van der Waals surface area contributed by atoms with Gasteiger partial charge in [-0.15, -0.1) is 0 Å². The molecule has 0 amide bonds. The van der Waals surface area contributed by atoms with Crippen molar-refractivity contribution in [3.8, 4) is 22.3 Å². The van der Waals surface area contributed by atoms with Crippen LogP contribution in [-0.4, -0.2) is 0 Å². The van der Waals surface area contributed by atoms with Crippen LogP contribution >= 0.6 is 0 Å². The fourth-order valence-electron chi connectivity index (χ4n) is 5.20. The summed E-state index contributed by atoms with van der Waals surface area (Å²) >= 11 is 0. The Balaban J connectivity index is 1.92. The Labute approximate surface area is 202 Å². The lowest BCUT2D eigenvalue weighted by molar-refractivity contribution is 1.43. The maximum Gasteiger partial charge on any atom is -0.00296 e. The summed E-state index contributed by atoms with van der Waals surface area (Å²) < 4.78 is 0. The fourth-order valence-corrected chi connectivity index (χ4v) is 5.20. The van der Waals surface area contributed by atoms with Crippen molar-refractivity contribution in [2.75, 3.05) is 0 Å². The molecular formula is C34H30. The van der Waals surface area contributed by atoms with Gasteiger partial charge in [-0.1, -0.05) is 97.1 Å². The van der Waals surface area contributed by atoms with Crippen molar-refractivity contribution in [3.05, 3.63) is 113 Å². The first-order valence-electron chi connectivity index (χ1n) is 12.1. The van der Waals surface area contributed by atoms with E-state index in [1.54, 1.807) is 0 Å². The van der Waals surface area contributed by atoms with Gasteiger partial charge in [0.2, 0.25) is 0 Å². The van der Waals surface area contributed by atoms with E-state index in [0.717, 1.165) is 0 Å². The van der Waals surface area contributed by atoms with E-state index in [9.17, 15) is 0 Å². The van der Waals surface area contributed by atoms with Gasteiger partial charge in [0, 0.05) is 0 Å². The second-order valence-corrected chi connectivity index (χ2v) is 8.83. The number of rotatable bonds is 3. The Hall–Kier alpha value is -3.90. The van der Waals surface area contributed by atoms with Crippen LogP contribution < -0.4 is 10.4 Å². The molecule has 0 heterocycles. The second-order valence-electron chi connectivity index (χ2n) is 8.83. The van der Waals surface area contributed by atoms with Crippen molar-refractivity contribution >= 4 is 39.8 Å². The Morgan fingerprint density at radius 1 is 0.559 bits per heavy atom. The molecule has 166 valence electrons. The van der Waals surface area contributed by atoms with Crippen molar-refractivity contribution in [1.82, 2.24) is 0 Å². The first-order valence-corrected chi connectivity index (χ1v) is 12.1. The smallest absolute Gasteiger partial charge is 0.00296 e. The van der Waals surface area contributed by atoms with Crippen molar-refractivity contribution in [3.63, 3.8) is 0 Å². The SMILES string of the molecule is C/C=C\c1cc(-c2c(=C/C)/c(=C\C)c(-c3ccc4ccccc4c3)c3ccccc23)ccc1C. The van der Waals surface area contributed by atoms with Gasteiger partial charge in [-0.25, -0.2) is 0 Å². The topological polar surface area (TPSA) is 0 Å². The molecule has 0 bridgehead atoms. The predicted molar refractivity (Wildman–Crippen MR) is 151 cm³/mol. The molecule has 0 aliphatic heterocycles. The third-order valence-electron chi connectivity index (χ3n) is 6.82. The predicted octanol–water partition coefficient (Wildman–Crippen LogP) is 8.27.